The molecule has 0 atom stereocenters. The van der Waals surface area contributed by atoms with Crippen molar-refractivity contribution in [1.82, 2.24) is 9.80 Å². The van der Waals surface area contributed by atoms with Crippen molar-refractivity contribution >= 4 is 0 Å². The number of hydrogen-bond donors (Lipinski definition) is 0. The molecule has 123 valence electrons. The third-order valence-corrected chi connectivity index (χ3v) is 2.89. The number of hydrogen-bond acceptors (Lipinski definition) is 2. The van der Waals surface area contributed by atoms with Crippen molar-refractivity contribution in [2.75, 3.05) is 39.3 Å². The average molecular weight is 363 g/mol. The minimum absolute atomic E-state index is 0. The summed E-state index contributed by atoms with van der Waals surface area (Å²) >= 11 is 0. The molecule has 0 N–H and O–H groups in total. The standard InChI is InChI=1S/C14H32N2.2ClH.Cu/c1-5-9-15(10-6-2)13-14-16(11-7-3)12-8-4;;;/h5-14H2,1-4H3;2*1H;/q;;;+2/p-2. The van der Waals surface area contributed by atoms with E-state index in [1.165, 1.54) is 65.0 Å². The maximum atomic E-state index is 2.61. The maximum Gasteiger partial charge on any atom is 2.00 e. The van der Waals surface area contributed by atoms with Gasteiger partial charge in [-0.3, -0.25) is 0 Å². The van der Waals surface area contributed by atoms with Crippen molar-refractivity contribution in [3.63, 3.8) is 0 Å². The SMILES string of the molecule is CCCN(CCC)CCN(CCC)CCC.[Cl-].[Cl-].[Cu+2]. The smallest absolute Gasteiger partial charge is 1.00 e. The number of halogens is 2. The second-order valence-electron chi connectivity index (χ2n) is 4.68. The van der Waals surface area contributed by atoms with E-state index in [1.54, 1.807) is 0 Å². The second-order valence-corrected chi connectivity index (χ2v) is 4.68. The molecule has 0 aliphatic heterocycles. The van der Waals surface area contributed by atoms with E-state index in [0.717, 1.165) is 0 Å². The average Bonchev–Trinajstić information content (AvgIpc) is 2.27. The molecular weight excluding hydrogens is 331 g/mol. The molecule has 0 aliphatic carbocycles. The summed E-state index contributed by atoms with van der Waals surface area (Å²) in [5.74, 6) is 0. The van der Waals surface area contributed by atoms with Crippen molar-refractivity contribution in [3.05, 3.63) is 0 Å². The van der Waals surface area contributed by atoms with E-state index in [-0.39, 0.29) is 41.9 Å². The van der Waals surface area contributed by atoms with E-state index in [9.17, 15) is 0 Å². The molecule has 0 aliphatic rings. The molecule has 0 bridgehead atoms. The van der Waals surface area contributed by atoms with Crippen LogP contribution < -0.4 is 24.8 Å². The summed E-state index contributed by atoms with van der Waals surface area (Å²) in [5.41, 5.74) is 0. The van der Waals surface area contributed by atoms with Crippen LogP contribution in [0.2, 0.25) is 0 Å². The zero-order chi connectivity index (χ0) is 12.2. The fourth-order valence-corrected chi connectivity index (χ4v) is 2.22. The van der Waals surface area contributed by atoms with Crippen molar-refractivity contribution in [2.24, 2.45) is 0 Å². The third-order valence-electron chi connectivity index (χ3n) is 2.89. The molecule has 0 saturated carbocycles. The fourth-order valence-electron chi connectivity index (χ4n) is 2.22. The normalized spacial score (nSPS) is 9.79. The minimum atomic E-state index is 0. The van der Waals surface area contributed by atoms with Gasteiger partial charge in [0.25, 0.3) is 0 Å². The van der Waals surface area contributed by atoms with Gasteiger partial charge >= 0.3 is 17.1 Å². The van der Waals surface area contributed by atoms with Gasteiger partial charge in [-0.15, -0.1) is 0 Å². The van der Waals surface area contributed by atoms with Crippen LogP contribution in [0.15, 0.2) is 0 Å². The van der Waals surface area contributed by atoms with Crippen LogP contribution in [0.5, 0.6) is 0 Å². The summed E-state index contributed by atoms with van der Waals surface area (Å²) in [7, 11) is 0. The van der Waals surface area contributed by atoms with Gasteiger partial charge in [0.1, 0.15) is 0 Å². The molecule has 0 saturated heterocycles. The van der Waals surface area contributed by atoms with Crippen LogP contribution in [0.1, 0.15) is 53.4 Å². The Morgan fingerprint density at radius 2 is 0.684 bits per heavy atom. The first-order valence-electron chi connectivity index (χ1n) is 7.23. The molecule has 19 heavy (non-hydrogen) atoms. The van der Waals surface area contributed by atoms with Gasteiger partial charge in [0.05, 0.1) is 0 Å². The van der Waals surface area contributed by atoms with Gasteiger partial charge < -0.3 is 34.6 Å². The fraction of sp³-hybridized carbons (Fsp3) is 1.00. The zero-order valence-electron chi connectivity index (χ0n) is 13.0. The summed E-state index contributed by atoms with van der Waals surface area (Å²) in [5, 5.41) is 0. The molecule has 0 fully saturated rings. The Morgan fingerprint density at radius 1 is 0.474 bits per heavy atom. The van der Waals surface area contributed by atoms with Gasteiger partial charge in [0, 0.05) is 13.1 Å². The monoisotopic (exact) mass is 361 g/mol. The Bertz CT molecular complexity index is 123. The first kappa shape index (κ1) is 28.2. The molecule has 0 spiro atoms. The molecule has 0 rings (SSSR count). The van der Waals surface area contributed by atoms with E-state index in [0.29, 0.717) is 0 Å². The van der Waals surface area contributed by atoms with Crippen LogP contribution >= 0.6 is 0 Å². The molecule has 0 amide bonds. The second kappa shape index (κ2) is 21.3. The Kier molecular flexibility index (Phi) is 31.7. The van der Waals surface area contributed by atoms with Crippen LogP contribution in [-0.2, 0) is 17.1 Å². The van der Waals surface area contributed by atoms with Crippen molar-refractivity contribution in [3.8, 4) is 0 Å². The van der Waals surface area contributed by atoms with Crippen LogP contribution in [-0.4, -0.2) is 49.1 Å². The Balaban J connectivity index is -0.000000375. The Morgan fingerprint density at radius 3 is 0.842 bits per heavy atom. The van der Waals surface area contributed by atoms with Crippen molar-refractivity contribution < 1.29 is 41.9 Å². The molecule has 0 aromatic carbocycles. The minimum Gasteiger partial charge on any atom is -1.00 e. The van der Waals surface area contributed by atoms with Gasteiger partial charge in [-0.1, -0.05) is 27.7 Å². The first-order valence-corrected chi connectivity index (χ1v) is 7.23. The van der Waals surface area contributed by atoms with Gasteiger partial charge in [0.2, 0.25) is 0 Å². The summed E-state index contributed by atoms with van der Waals surface area (Å²) < 4.78 is 0. The van der Waals surface area contributed by atoms with Crippen LogP contribution in [0.25, 0.3) is 0 Å². The molecule has 1 radical (unpaired) electrons. The Labute approximate surface area is 144 Å². The van der Waals surface area contributed by atoms with Crippen LogP contribution in [0, 0.1) is 0 Å². The van der Waals surface area contributed by atoms with Gasteiger partial charge in [-0.05, 0) is 51.9 Å². The van der Waals surface area contributed by atoms with Crippen molar-refractivity contribution in [2.45, 2.75) is 53.4 Å². The molecule has 0 aromatic rings. The zero-order valence-corrected chi connectivity index (χ0v) is 15.5. The molecule has 2 nitrogen and oxygen atoms in total. The summed E-state index contributed by atoms with van der Waals surface area (Å²) in [6, 6.07) is 0. The quantitative estimate of drug-likeness (QED) is 0.367. The summed E-state index contributed by atoms with van der Waals surface area (Å²) in [6.07, 6.45) is 5.12. The largest absolute Gasteiger partial charge is 2.00 e. The number of nitrogens with zero attached hydrogens (tertiary/aromatic N) is 2. The number of rotatable bonds is 11. The van der Waals surface area contributed by atoms with E-state index < -0.39 is 0 Å². The van der Waals surface area contributed by atoms with Gasteiger partial charge in [-0.2, -0.15) is 0 Å². The third kappa shape index (κ3) is 17.0. The first-order chi connectivity index (χ1) is 7.78. The molecule has 5 heteroatoms. The molecular formula is C14H32Cl2CuN2. The Hall–Kier alpha value is 1.02. The van der Waals surface area contributed by atoms with Crippen LogP contribution in [0.3, 0.4) is 0 Å². The topological polar surface area (TPSA) is 6.48 Å². The van der Waals surface area contributed by atoms with Gasteiger partial charge in [-0.25, -0.2) is 0 Å². The molecule has 0 unspecified atom stereocenters. The predicted octanol–water partition coefficient (Wildman–Crippen LogP) is -2.76. The van der Waals surface area contributed by atoms with E-state index >= 15 is 0 Å². The maximum absolute atomic E-state index is 2.61. The van der Waals surface area contributed by atoms with Crippen LogP contribution in [0.4, 0.5) is 0 Å². The van der Waals surface area contributed by atoms with E-state index in [4.69, 9.17) is 0 Å². The van der Waals surface area contributed by atoms with Crippen molar-refractivity contribution in [1.29, 1.82) is 0 Å². The predicted molar refractivity (Wildman–Crippen MR) is 74.0 cm³/mol. The van der Waals surface area contributed by atoms with Gasteiger partial charge in [0.15, 0.2) is 0 Å². The van der Waals surface area contributed by atoms with E-state index in [1.807, 2.05) is 0 Å². The van der Waals surface area contributed by atoms with E-state index in [2.05, 4.69) is 37.5 Å². The molecule has 0 heterocycles. The molecule has 0 aromatic heterocycles. The summed E-state index contributed by atoms with van der Waals surface area (Å²) in [6.45, 7) is 16.7. The summed E-state index contributed by atoms with van der Waals surface area (Å²) in [4.78, 5) is 5.22.